The molecule has 0 unspecified atom stereocenters. The third-order valence-electron chi connectivity index (χ3n) is 4.60. The summed E-state index contributed by atoms with van der Waals surface area (Å²) in [5, 5.41) is 0. The fourth-order valence-electron chi connectivity index (χ4n) is 3.43. The maximum absolute atomic E-state index is 11.9. The molecule has 1 amide bonds. The van der Waals surface area contributed by atoms with Crippen molar-refractivity contribution in [3.8, 4) is 16.9 Å². The van der Waals surface area contributed by atoms with Crippen LogP contribution in [0.4, 0.5) is 0 Å². The molecule has 0 saturated heterocycles. The maximum atomic E-state index is 11.9. The number of hydrogen-bond acceptors (Lipinski definition) is 4. The van der Waals surface area contributed by atoms with Crippen molar-refractivity contribution >= 4 is 5.91 Å². The number of carbonyl (C=O) groups excluding carboxylic acids is 1. The van der Waals surface area contributed by atoms with Gasteiger partial charge in [-0.2, -0.15) is 0 Å². The quantitative estimate of drug-likeness (QED) is 0.513. The van der Waals surface area contributed by atoms with Crippen LogP contribution < -0.4 is 16.0 Å². The Morgan fingerprint density at radius 3 is 2.70 bits per heavy atom. The first-order valence-corrected chi connectivity index (χ1v) is 8.01. The molecule has 0 atom stereocenters. The summed E-state index contributed by atoms with van der Waals surface area (Å²) in [6.07, 6.45) is 7.62. The lowest BCUT2D eigenvalue weighted by molar-refractivity contribution is 0.0927. The van der Waals surface area contributed by atoms with Gasteiger partial charge in [-0.05, 0) is 48.1 Å². The molecule has 3 rings (SSSR count). The summed E-state index contributed by atoms with van der Waals surface area (Å²) in [5.41, 5.74) is 5.15. The number of nitrogens with one attached hydrogen (secondary N) is 1. The minimum atomic E-state index is -0.421. The van der Waals surface area contributed by atoms with Crippen molar-refractivity contribution in [2.24, 2.45) is 5.84 Å². The molecule has 122 valence electrons. The SMILES string of the molecule is COc1ccc(-c2ccoc2C(=O)NN)c(C2CCCCC2)c1. The molecule has 23 heavy (non-hydrogen) atoms. The Morgan fingerprint density at radius 2 is 2.00 bits per heavy atom. The van der Waals surface area contributed by atoms with E-state index in [0.29, 0.717) is 5.92 Å². The highest BCUT2D eigenvalue weighted by Crippen LogP contribution is 2.40. The van der Waals surface area contributed by atoms with Gasteiger partial charge in [-0.15, -0.1) is 0 Å². The Hall–Kier alpha value is -2.27. The molecular weight excluding hydrogens is 292 g/mol. The van der Waals surface area contributed by atoms with E-state index in [9.17, 15) is 4.79 Å². The normalized spacial score (nSPS) is 15.4. The van der Waals surface area contributed by atoms with Crippen LogP contribution in [-0.4, -0.2) is 13.0 Å². The number of ether oxygens (including phenoxy) is 1. The first kappa shape index (κ1) is 15.6. The molecule has 1 aromatic carbocycles. The largest absolute Gasteiger partial charge is 0.497 e. The van der Waals surface area contributed by atoms with Gasteiger partial charge in [0.25, 0.3) is 0 Å². The molecule has 1 fully saturated rings. The molecule has 5 nitrogen and oxygen atoms in total. The number of carbonyl (C=O) groups is 1. The van der Waals surface area contributed by atoms with Crippen LogP contribution >= 0.6 is 0 Å². The van der Waals surface area contributed by atoms with Crippen LogP contribution in [0.25, 0.3) is 11.1 Å². The van der Waals surface area contributed by atoms with Crippen molar-refractivity contribution < 1.29 is 13.9 Å². The Bertz CT molecular complexity index is 687. The summed E-state index contributed by atoms with van der Waals surface area (Å²) >= 11 is 0. The topological polar surface area (TPSA) is 77.5 Å². The highest BCUT2D eigenvalue weighted by molar-refractivity contribution is 5.98. The van der Waals surface area contributed by atoms with Crippen molar-refractivity contribution in [1.29, 1.82) is 0 Å². The van der Waals surface area contributed by atoms with E-state index in [1.54, 1.807) is 7.11 Å². The van der Waals surface area contributed by atoms with E-state index in [0.717, 1.165) is 29.7 Å². The summed E-state index contributed by atoms with van der Waals surface area (Å²) in [5.74, 6) is 6.40. The number of methoxy groups -OCH3 is 1. The number of benzene rings is 1. The predicted octanol–water partition coefficient (Wildman–Crippen LogP) is 3.61. The molecule has 1 saturated carbocycles. The lowest BCUT2D eigenvalue weighted by Gasteiger charge is -2.25. The molecule has 1 aliphatic carbocycles. The van der Waals surface area contributed by atoms with Crippen molar-refractivity contribution in [1.82, 2.24) is 5.43 Å². The fourth-order valence-corrected chi connectivity index (χ4v) is 3.43. The van der Waals surface area contributed by atoms with Crippen molar-refractivity contribution in [3.63, 3.8) is 0 Å². The summed E-state index contributed by atoms with van der Waals surface area (Å²) < 4.78 is 10.7. The van der Waals surface area contributed by atoms with Crippen LogP contribution in [0.1, 0.15) is 54.1 Å². The molecule has 0 spiro atoms. The number of nitrogen functional groups attached to an aromatic ring is 1. The zero-order chi connectivity index (χ0) is 16.2. The Morgan fingerprint density at radius 1 is 1.22 bits per heavy atom. The third kappa shape index (κ3) is 3.10. The van der Waals surface area contributed by atoms with Crippen LogP contribution in [0.2, 0.25) is 0 Å². The van der Waals surface area contributed by atoms with Crippen LogP contribution in [-0.2, 0) is 0 Å². The maximum Gasteiger partial charge on any atom is 0.301 e. The first-order chi connectivity index (χ1) is 11.2. The van der Waals surface area contributed by atoms with E-state index >= 15 is 0 Å². The van der Waals surface area contributed by atoms with E-state index in [1.807, 2.05) is 18.2 Å². The monoisotopic (exact) mass is 314 g/mol. The number of hydrogen-bond donors (Lipinski definition) is 2. The highest BCUT2D eigenvalue weighted by atomic mass is 16.5. The number of furan rings is 1. The van der Waals surface area contributed by atoms with E-state index in [2.05, 4.69) is 11.5 Å². The van der Waals surface area contributed by atoms with Gasteiger partial charge in [0.1, 0.15) is 5.75 Å². The first-order valence-electron chi connectivity index (χ1n) is 8.01. The minimum Gasteiger partial charge on any atom is -0.497 e. The molecule has 2 aromatic rings. The second-order valence-corrected chi connectivity index (χ2v) is 5.92. The smallest absolute Gasteiger partial charge is 0.301 e. The average Bonchev–Trinajstić information content (AvgIpc) is 3.10. The van der Waals surface area contributed by atoms with Gasteiger partial charge in [-0.1, -0.05) is 25.3 Å². The van der Waals surface area contributed by atoms with Gasteiger partial charge in [0.2, 0.25) is 0 Å². The summed E-state index contributed by atoms with van der Waals surface area (Å²) in [7, 11) is 1.67. The number of amides is 1. The molecule has 1 heterocycles. The Labute approximate surface area is 135 Å². The minimum absolute atomic E-state index is 0.245. The number of rotatable bonds is 4. The van der Waals surface area contributed by atoms with Crippen molar-refractivity contribution in [2.45, 2.75) is 38.0 Å². The molecule has 0 aliphatic heterocycles. The third-order valence-corrected chi connectivity index (χ3v) is 4.60. The van der Waals surface area contributed by atoms with Gasteiger partial charge in [0, 0.05) is 5.56 Å². The van der Waals surface area contributed by atoms with E-state index in [-0.39, 0.29) is 5.76 Å². The second-order valence-electron chi connectivity index (χ2n) is 5.92. The zero-order valence-electron chi connectivity index (χ0n) is 13.3. The van der Waals surface area contributed by atoms with Gasteiger partial charge in [0.15, 0.2) is 5.76 Å². The van der Waals surface area contributed by atoms with Gasteiger partial charge in [0.05, 0.1) is 13.4 Å². The lowest BCUT2D eigenvalue weighted by atomic mass is 9.80. The lowest BCUT2D eigenvalue weighted by Crippen LogP contribution is -2.30. The van der Waals surface area contributed by atoms with Crippen LogP contribution in [0.3, 0.4) is 0 Å². The highest BCUT2D eigenvalue weighted by Gasteiger charge is 2.23. The van der Waals surface area contributed by atoms with Crippen molar-refractivity contribution in [3.05, 3.63) is 41.9 Å². The fraction of sp³-hybridized carbons (Fsp3) is 0.389. The molecule has 5 heteroatoms. The predicted molar refractivity (Wildman–Crippen MR) is 88.2 cm³/mol. The molecule has 0 radical (unpaired) electrons. The standard InChI is InChI=1S/C18H22N2O3/c1-22-13-7-8-14(15-9-10-23-17(15)18(21)20-19)16(11-13)12-5-3-2-4-6-12/h7-12H,2-6,19H2,1H3,(H,20,21). The van der Waals surface area contributed by atoms with E-state index in [4.69, 9.17) is 15.0 Å². The summed E-state index contributed by atoms with van der Waals surface area (Å²) in [4.78, 5) is 11.9. The second kappa shape index (κ2) is 6.87. The van der Waals surface area contributed by atoms with Gasteiger partial charge in [-0.25, -0.2) is 5.84 Å². The van der Waals surface area contributed by atoms with E-state index < -0.39 is 5.91 Å². The molecule has 0 bridgehead atoms. The van der Waals surface area contributed by atoms with Gasteiger partial charge >= 0.3 is 5.91 Å². The molecule has 3 N–H and O–H groups in total. The Balaban J connectivity index is 2.08. The van der Waals surface area contributed by atoms with Crippen LogP contribution in [0.5, 0.6) is 5.75 Å². The summed E-state index contributed by atoms with van der Waals surface area (Å²) in [6, 6.07) is 7.82. The van der Waals surface area contributed by atoms with E-state index in [1.165, 1.54) is 31.1 Å². The molecule has 1 aromatic heterocycles. The average molecular weight is 314 g/mol. The Kier molecular flexibility index (Phi) is 4.67. The molecular formula is C18H22N2O3. The summed E-state index contributed by atoms with van der Waals surface area (Å²) in [6.45, 7) is 0. The molecule has 1 aliphatic rings. The van der Waals surface area contributed by atoms with Gasteiger partial charge in [-0.3, -0.25) is 10.2 Å². The number of hydrazine groups is 1. The van der Waals surface area contributed by atoms with Crippen molar-refractivity contribution in [2.75, 3.05) is 7.11 Å². The van der Waals surface area contributed by atoms with Crippen LogP contribution in [0.15, 0.2) is 34.9 Å². The van der Waals surface area contributed by atoms with Crippen LogP contribution in [0, 0.1) is 0 Å². The number of nitrogens with two attached hydrogens (primary N) is 1. The zero-order valence-corrected chi connectivity index (χ0v) is 13.3. The van der Waals surface area contributed by atoms with Gasteiger partial charge < -0.3 is 9.15 Å².